The Balaban J connectivity index is 1.97. The van der Waals surface area contributed by atoms with E-state index in [1.165, 1.54) is 43.7 Å². The third kappa shape index (κ3) is 43.1. The Kier molecular flexibility index (Phi) is 53.2. The summed E-state index contributed by atoms with van der Waals surface area (Å²) < 4.78 is 0. The number of benzene rings is 1. The number of aromatic nitrogens is 4. The summed E-state index contributed by atoms with van der Waals surface area (Å²) in [6.45, 7) is 9.22. The van der Waals surface area contributed by atoms with Gasteiger partial charge in [-0.05, 0) is 126 Å². The first kappa shape index (κ1) is 117. The fraction of sp³-hybridized carbons (Fsp3) is 0.619. The van der Waals surface area contributed by atoms with Gasteiger partial charge in [-0.15, -0.1) is 0 Å². The van der Waals surface area contributed by atoms with Crippen molar-refractivity contribution in [1.29, 1.82) is 0 Å². The van der Waals surface area contributed by atoms with Crippen LogP contribution in [0.4, 0.5) is 0 Å². The number of unbranched alkanes of at least 4 members (excludes halogenated alkanes) is 2. The Morgan fingerprint density at radius 3 is 1.29 bits per heavy atom. The zero-order valence-corrected chi connectivity index (χ0v) is 78.5. The van der Waals surface area contributed by atoms with Gasteiger partial charge in [-0.1, -0.05) is 78.3 Å². The summed E-state index contributed by atoms with van der Waals surface area (Å²) >= 11 is 1.42. The van der Waals surface area contributed by atoms with Crippen molar-refractivity contribution in [3.63, 3.8) is 0 Å². The number of hydrogen-bond donors (Lipinski definition) is 29. The van der Waals surface area contributed by atoms with Crippen LogP contribution < -0.4 is 119 Å². The van der Waals surface area contributed by atoms with Crippen LogP contribution in [-0.2, 0) is 110 Å². The van der Waals surface area contributed by atoms with Crippen LogP contribution in [-0.4, -0.2) is 318 Å². The number of aliphatic hydroxyl groups is 3. The first-order chi connectivity index (χ1) is 64.3. The van der Waals surface area contributed by atoms with Gasteiger partial charge in [0.15, 0.2) is 5.96 Å². The number of carboxylic acids is 2. The number of nitrogens with one attached hydrogen (secondary N) is 18. The van der Waals surface area contributed by atoms with Crippen molar-refractivity contribution >= 4 is 130 Å². The van der Waals surface area contributed by atoms with Gasteiger partial charge >= 0.3 is 11.9 Å². The highest BCUT2D eigenvalue weighted by Crippen LogP contribution is 2.16. The van der Waals surface area contributed by atoms with Crippen LogP contribution in [0.1, 0.15) is 156 Å². The van der Waals surface area contributed by atoms with Gasteiger partial charge in [0.1, 0.15) is 90.6 Å². The maximum absolute atomic E-state index is 15.0. The number of nitrogens with zero attached hydrogens (tertiary/aromatic N) is 3. The number of carbonyl (C=O) groups is 19. The zero-order valence-electron chi connectivity index (χ0n) is 77.7. The van der Waals surface area contributed by atoms with Crippen molar-refractivity contribution in [3.05, 3.63) is 72.3 Å². The van der Waals surface area contributed by atoms with Crippen molar-refractivity contribution in [2.45, 2.75) is 261 Å². The van der Waals surface area contributed by atoms with Crippen molar-refractivity contribution < 1.29 is 117 Å². The normalized spacial score (nSPS) is 15.2. The quantitative estimate of drug-likeness (QED) is 0.0142. The molecule has 0 aliphatic heterocycles. The number of aliphatic carboxylic acids is 2. The number of H-pyrrole nitrogens is 2. The number of imidazole rings is 2. The number of hydrogen-bond acceptors (Lipinski definition) is 29. The van der Waals surface area contributed by atoms with Crippen molar-refractivity contribution in [2.75, 3.05) is 51.4 Å². The fourth-order valence-corrected chi connectivity index (χ4v) is 13.8. The first-order valence-corrected chi connectivity index (χ1v) is 45.9. The van der Waals surface area contributed by atoms with Gasteiger partial charge < -0.3 is 155 Å². The lowest BCUT2D eigenvalue weighted by atomic mass is 9.97. The minimum absolute atomic E-state index is 0.0420. The van der Waals surface area contributed by atoms with Gasteiger partial charge in [0.25, 0.3) is 0 Å². The predicted octanol–water partition coefficient (Wildman–Crippen LogP) is -9.49. The third-order valence-corrected chi connectivity index (χ3v) is 21.8. The first-order valence-electron chi connectivity index (χ1n) is 44.5. The standard InChI is InChI=1S/C84H137N27O24S/c1-10-44(6)66(110-69(121)45(7)97-70(122)50(87)33-63(116)117)82(134)108-61(39-113)80(132)105-58(32-49-36-92-41-96-49)76(128)101-52(21-14-16-25-85)71(123)100-54(23-18-27-93-84(89)90)72(124)104-57(31-48-35-91-40-95-48)75(127)102-53(22-15-17-26-86)73(125)111-67(46(8)114)83(135)106-59(34-64(118)119)77(129)107-60(38-112)79(131)103-56(30-47-19-12-11-13-20-47)78(130)109-65(43(4)5)81(133)94-37-62(115)98-55(29-42(2)3)74(126)99-51(68(88)120)24-28-136-9/h11-13,19-20,35-36,40-46,50-61,65-67,112-114H,10,14-18,21-34,37-39,85-87H2,1-9H3,(H2,88,120)(H,91,95)(H,92,96)(H,94,133)(H,97,122)(H,98,115)(H,99,126)(H,100,123)(H,101,128)(H,102,127)(H,103,131)(H,104,124)(H,105,132)(H,106,135)(H,107,129)(H,108,134)(H,109,130)(H,110,121)(H,111,125)(H,116,117)(H,118,119)(H4,89,90,93)/t44-,45-,46+,50-,51-,52-,53-,54-,55-,56-,57-,58-,59-,60-,61-,65-,66-,67-/m0/s1. The van der Waals surface area contributed by atoms with Crippen molar-refractivity contribution in [1.82, 2.24) is 105 Å². The van der Waals surface area contributed by atoms with Crippen molar-refractivity contribution in [3.8, 4) is 0 Å². The van der Waals surface area contributed by atoms with E-state index in [1.54, 1.807) is 78.1 Å². The lowest BCUT2D eigenvalue weighted by Gasteiger charge is -2.29. The summed E-state index contributed by atoms with van der Waals surface area (Å²) in [4.78, 5) is 280. The van der Waals surface area contributed by atoms with E-state index in [2.05, 4.69) is 110 Å². The van der Waals surface area contributed by atoms with E-state index in [4.69, 9.17) is 39.5 Å². The number of aliphatic hydroxyl groups excluding tert-OH is 3. The highest BCUT2D eigenvalue weighted by molar-refractivity contribution is 7.98. The highest BCUT2D eigenvalue weighted by atomic mass is 32.2. The minimum Gasteiger partial charge on any atom is -0.481 e. The SMILES string of the molecule is CC[C@H](C)[C@H](NC(=O)[C@H](C)NC(=O)[C@@H](N)CC(=O)O)C(=O)N[C@@H](CO)C(=O)N[C@@H](Cc1c[nH]cn1)C(=O)N[C@@H](CCCCN)C(=O)N[C@@H](CCCN=C(N)N)C(=O)N[C@@H](Cc1c[nH]cn1)C(=O)N[C@@H](CCCCN)C(=O)N[C@H](C(=O)N[C@@H](CC(=O)O)C(=O)N[C@@H](CO)C(=O)N[C@@H](Cc1ccccc1)C(=O)N[C@H](C(=O)NCC(=O)N[C@@H](CC(C)C)C(=O)N[C@@H](CCSC)C(N)=O)C(C)C)[C@@H](C)O. The molecule has 18 atom stereocenters. The minimum atomic E-state index is -2.18. The number of primary amides is 1. The molecule has 3 aromatic rings. The summed E-state index contributed by atoms with van der Waals surface area (Å²) in [5.74, 6) is -22.2. The second kappa shape index (κ2) is 61.8. The molecule has 52 heteroatoms. The Labute approximate surface area is 790 Å². The van der Waals surface area contributed by atoms with Crippen LogP contribution in [0, 0.1) is 17.8 Å². The number of guanidine groups is 1. The van der Waals surface area contributed by atoms with Gasteiger partial charge in [-0.2, -0.15) is 11.8 Å². The zero-order chi connectivity index (χ0) is 102. The molecular weight excluding hydrogens is 1800 g/mol. The predicted molar refractivity (Wildman–Crippen MR) is 492 cm³/mol. The average Bonchev–Trinajstić information content (AvgIpc) is 1.31. The number of aliphatic imine (C=N–C) groups is 1. The summed E-state index contributed by atoms with van der Waals surface area (Å²) in [6, 6.07) is -17.9. The van der Waals surface area contributed by atoms with E-state index in [1.807, 2.05) is 0 Å². The second-order valence-electron chi connectivity index (χ2n) is 33.2. The molecule has 0 aliphatic carbocycles. The van der Waals surface area contributed by atoms with Gasteiger partial charge in [0.2, 0.25) is 100 Å². The summed E-state index contributed by atoms with van der Waals surface area (Å²) in [5, 5.41) is 90.7. The topological polar surface area (TPSA) is 844 Å². The molecule has 3 rings (SSSR count). The Bertz CT molecular complexity index is 4440. The molecule has 136 heavy (non-hydrogen) atoms. The van der Waals surface area contributed by atoms with Crippen LogP contribution in [0.5, 0.6) is 0 Å². The molecule has 17 amide bonds. The summed E-state index contributed by atoms with van der Waals surface area (Å²) in [5.41, 5.74) is 34.9. The molecule has 0 bridgehead atoms. The Morgan fingerprint density at radius 1 is 0.441 bits per heavy atom. The Hall–Kier alpha value is -13.0. The molecule has 0 spiro atoms. The van der Waals surface area contributed by atoms with Gasteiger partial charge in [-0.3, -0.25) is 96.1 Å². The van der Waals surface area contributed by atoms with Crippen molar-refractivity contribution in [2.24, 2.45) is 57.1 Å². The second-order valence-corrected chi connectivity index (χ2v) is 34.2. The summed E-state index contributed by atoms with van der Waals surface area (Å²) in [6.07, 6.45) is 2.62. The largest absolute Gasteiger partial charge is 0.481 e. The number of nitrogens with two attached hydrogens (primary N) is 6. The van der Waals surface area contributed by atoms with E-state index in [0.717, 1.165) is 6.92 Å². The van der Waals surface area contributed by atoms with E-state index in [-0.39, 0.29) is 120 Å². The van der Waals surface area contributed by atoms with Crippen LogP contribution in [0.25, 0.3) is 0 Å². The monoisotopic (exact) mass is 1940 g/mol. The van der Waals surface area contributed by atoms with E-state index >= 15 is 0 Å². The molecule has 35 N–H and O–H groups in total. The fourth-order valence-electron chi connectivity index (χ4n) is 13.3. The molecule has 758 valence electrons. The molecule has 0 saturated heterocycles. The van der Waals surface area contributed by atoms with Crippen LogP contribution in [0.15, 0.2) is 60.4 Å². The van der Waals surface area contributed by atoms with Gasteiger partial charge in [0, 0.05) is 38.2 Å². The third-order valence-electron chi connectivity index (χ3n) is 21.1. The molecule has 0 saturated carbocycles. The number of amides is 17. The molecular formula is C84H137N27O24S. The van der Waals surface area contributed by atoms with Crippen LogP contribution >= 0.6 is 11.8 Å². The maximum Gasteiger partial charge on any atom is 0.305 e. The maximum atomic E-state index is 15.0. The lowest BCUT2D eigenvalue weighted by molar-refractivity contribution is -0.142. The average molecular weight is 1940 g/mol. The molecule has 0 aliphatic rings. The summed E-state index contributed by atoms with van der Waals surface area (Å²) in [7, 11) is 0. The van der Waals surface area contributed by atoms with Crippen LogP contribution in [0.3, 0.4) is 0 Å². The number of aromatic amines is 2. The Morgan fingerprint density at radius 2 is 0.853 bits per heavy atom. The molecule has 0 radical (unpaired) electrons. The van der Waals surface area contributed by atoms with E-state index in [0.29, 0.717) is 11.3 Å². The van der Waals surface area contributed by atoms with Crippen LogP contribution in [0.2, 0.25) is 0 Å². The lowest BCUT2D eigenvalue weighted by Crippen LogP contribution is -2.63. The number of carboxylic acid groups (broad SMARTS) is 2. The molecule has 2 aromatic heterocycles. The molecule has 0 unspecified atom stereocenters. The van der Waals surface area contributed by atoms with E-state index in [9.17, 15) is 112 Å². The molecule has 0 fully saturated rings. The smallest absolute Gasteiger partial charge is 0.305 e. The number of rotatable bonds is 66. The number of carbonyl (C=O) groups excluding carboxylic acids is 17. The number of thioether (sulfide) groups is 1. The molecule has 1 aromatic carbocycles. The molecule has 51 nitrogen and oxygen atoms in total. The van der Waals surface area contributed by atoms with Gasteiger partial charge in [0.05, 0.1) is 68.8 Å². The van der Waals surface area contributed by atoms with Gasteiger partial charge in [-0.25, -0.2) is 9.97 Å². The highest BCUT2D eigenvalue weighted by Gasteiger charge is 2.41. The molecule has 2 heterocycles. The van der Waals surface area contributed by atoms with E-state index < -0.39 is 272 Å².